The number of ketones is 1. The Kier molecular flexibility index (Phi) is 30.3. The van der Waals surface area contributed by atoms with Crippen molar-refractivity contribution >= 4 is 82.3 Å². The molecule has 36 heteroatoms. The van der Waals surface area contributed by atoms with Crippen LogP contribution in [0.3, 0.4) is 0 Å². The summed E-state index contributed by atoms with van der Waals surface area (Å²) in [5.41, 5.74) is 9.60. The molecule has 2 fully saturated rings. The van der Waals surface area contributed by atoms with Gasteiger partial charge in [-0.2, -0.15) is 0 Å². The molecule has 7 N–H and O–H groups in total. The minimum Gasteiger partial charge on any atom is -0.458 e. The number of hydroxylamine groups is 2. The summed E-state index contributed by atoms with van der Waals surface area (Å²) in [6, 6.07) is 11.6. The molecule has 0 spiro atoms. The standard InChI is InChI=1S/C77H101N13O23/c1-7-51-54-39-50(15-18-59(54)82-69-55(51)41-88-62(69)40-58-57(71(88)97)44-109-72(98)77(58,103)8-2)112-76(102)87(6)27-26-86(5)75(101)111-42-47-11-13-49(14-12-47)81-70(96)48(10-9-24-79-73(78)99)38-63(91)68(46(3)4)83-64(92)45-108-31-28-89-61-20-17-53-52(16-19-60(61)84-85-89)56(53)43-110-74(100)80-25-30-105-33-35-107-37-36-106-34-32-104-29-23-67(95)113-90-65(93)21-22-66(90)94/h11-15,18,39-40,46,48,52-53,56,68,103H,7-10,16-17,19-38,41-45H2,1-6H3,(H,80,100)(H,81,96)(H,83,92)(H3,78,79,99)/t48-,52-,53+,56?,68+,77+/m1/s1. The SMILES string of the molecule is CCc1c2c(nc3ccc(OC(=O)N(C)CCN(C)C(=O)OCc4ccc(NC(=O)[C@H](CCCNC(N)=O)CC(=O)[C@@H](NC(=O)COCCn5nnc6c5CC[C@@H]5C(COC(=O)NCCOCCOCCOCCOCCC(=O)ON7C(=O)CCC7=O)[C@@H]5CC6)C(C)C)cc4)cc13)-c1cc3c(c(=O)n1C2)COC(=O)[C@]3(O)CC. The summed E-state index contributed by atoms with van der Waals surface area (Å²) in [5, 5.41) is 32.3. The molecule has 36 nitrogen and oxygen atoms in total. The van der Waals surface area contributed by atoms with Gasteiger partial charge in [-0.15, -0.1) is 10.2 Å². The summed E-state index contributed by atoms with van der Waals surface area (Å²) >= 11 is 0. The van der Waals surface area contributed by atoms with Gasteiger partial charge in [-0.3, -0.25) is 28.8 Å². The van der Waals surface area contributed by atoms with Gasteiger partial charge in [0, 0.05) is 87.7 Å². The first-order valence-electron chi connectivity index (χ1n) is 38.3. The number of aryl methyl sites for hydroxylation is 2. The number of aliphatic hydroxyl groups is 1. The number of hydrogen-bond donors (Lipinski definition) is 6. The zero-order valence-electron chi connectivity index (χ0n) is 64.6. The number of rotatable bonds is 42. The van der Waals surface area contributed by atoms with Gasteiger partial charge < -0.3 is 93.9 Å². The van der Waals surface area contributed by atoms with Gasteiger partial charge in [0.15, 0.2) is 11.4 Å². The number of amides is 9. The normalized spacial score (nSPS) is 17.8. The highest BCUT2D eigenvalue weighted by atomic mass is 16.7. The number of nitrogens with zero attached hydrogens (tertiary/aromatic N) is 8. The summed E-state index contributed by atoms with van der Waals surface area (Å²) in [7, 11) is 3.05. The first-order chi connectivity index (χ1) is 54.3. The predicted octanol–water partition coefficient (Wildman–Crippen LogP) is 4.28. The lowest BCUT2D eigenvalue weighted by molar-refractivity contribution is -0.198. The smallest absolute Gasteiger partial charge is 0.415 e. The molecule has 2 aromatic carbocycles. The van der Waals surface area contributed by atoms with Crippen LogP contribution in [-0.2, 0) is 127 Å². The van der Waals surface area contributed by atoms with Crippen LogP contribution < -0.4 is 37.3 Å². The Bertz CT molecular complexity index is 4320. The largest absolute Gasteiger partial charge is 0.458 e. The molecule has 6 heterocycles. The number of carbonyl (C=O) groups is 11. The van der Waals surface area contributed by atoms with Crippen LogP contribution in [0.15, 0.2) is 53.3 Å². The van der Waals surface area contributed by atoms with Crippen molar-refractivity contribution in [3.05, 3.63) is 98.1 Å². The lowest BCUT2D eigenvalue weighted by Gasteiger charge is -2.31. The average Bonchev–Trinajstić information content (AvgIpc) is 1.60. The number of pyridine rings is 2. The number of urea groups is 1. The third-order valence-corrected chi connectivity index (χ3v) is 20.7. The fourth-order valence-electron chi connectivity index (χ4n) is 14.3. The number of fused-ring (bicyclic) bond motifs is 7. The number of esters is 1. The number of carbonyl (C=O) groups excluding carboxylic acids is 11. The Labute approximate surface area is 651 Å². The molecule has 0 radical (unpaired) electrons. The lowest BCUT2D eigenvalue weighted by Crippen LogP contribution is -2.47. The van der Waals surface area contributed by atoms with E-state index in [1.807, 2.05) is 6.92 Å². The number of cyclic esters (lactones) is 1. The first kappa shape index (κ1) is 84.9. The van der Waals surface area contributed by atoms with E-state index in [2.05, 4.69) is 31.6 Å². The van der Waals surface area contributed by atoms with Crippen molar-refractivity contribution in [3.8, 4) is 17.1 Å². The first-order valence-corrected chi connectivity index (χ1v) is 38.3. The van der Waals surface area contributed by atoms with E-state index >= 15 is 0 Å². The number of imide groups is 1. The van der Waals surface area contributed by atoms with Crippen LogP contribution >= 0.6 is 0 Å². The number of ether oxygens (including phenoxy) is 9. The van der Waals surface area contributed by atoms with Crippen LogP contribution in [-0.4, -0.2) is 229 Å². The van der Waals surface area contributed by atoms with E-state index in [4.69, 9.17) is 58.2 Å². The molecule has 0 bridgehead atoms. The van der Waals surface area contributed by atoms with E-state index in [0.29, 0.717) is 110 Å². The van der Waals surface area contributed by atoms with E-state index in [0.717, 1.165) is 40.7 Å². The minimum atomic E-state index is -1.96. The summed E-state index contributed by atoms with van der Waals surface area (Å²) in [6.07, 6.45) is 2.05. The van der Waals surface area contributed by atoms with E-state index in [1.165, 1.54) is 23.9 Å². The number of aromatic nitrogens is 5. The van der Waals surface area contributed by atoms with E-state index in [1.54, 1.807) is 78.6 Å². The van der Waals surface area contributed by atoms with Crippen LogP contribution in [0.4, 0.5) is 24.9 Å². The number of Topliss-reactive ketones (excluding diaryl/α,β-unsaturated/α-hetero) is 1. The molecule has 5 aliphatic rings. The van der Waals surface area contributed by atoms with Crippen molar-refractivity contribution in [2.45, 2.75) is 143 Å². The molecule has 10 rings (SSSR count). The summed E-state index contributed by atoms with van der Waals surface area (Å²) in [4.78, 5) is 166. The highest BCUT2D eigenvalue weighted by Crippen LogP contribution is 2.53. The molecule has 6 atom stereocenters. The number of hydrogen-bond acceptors (Lipinski definition) is 26. The van der Waals surface area contributed by atoms with Crippen molar-refractivity contribution in [2.24, 2.45) is 35.3 Å². The third kappa shape index (κ3) is 22.5. The van der Waals surface area contributed by atoms with Crippen molar-refractivity contribution < 1.29 is 105 Å². The maximum absolute atomic E-state index is 14.0. The van der Waals surface area contributed by atoms with Gasteiger partial charge in [-0.1, -0.05) is 45.0 Å². The van der Waals surface area contributed by atoms with Crippen molar-refractivity contribution in [1.29, 1.82) is 0 Å². The van der Waals surface area contributed by atoms with Crippen LogP contribution in [0.2, 0.25) is 0 Å². The summed E-state index contributed by atoms with van der Waals surface area (Å²) in [5.74, 6) is -3.98. The van der Waals surface area contributed by atoms with Crippen LogP contribution in [0, 0.1) is 29.6 Å². The molecule has 5 aromatic rings. The predicted molar refractivity (Wildman–Crippen MR) is 400 cm³/mol. The van der Waals surface area contributed by atoms with Gasteiger partial charge in [0.05, 0.1) is 125 Å². The number of primary amides is 1. The second-order valence-corrected chi connectivity index (χ2v) is 28.7. The Balaban J connectivity index is 0.585. The topological polar surface area (TPSA) is 450 Å². The summed E-state index contributed by atoms with van der Waals surface area (Å²) in [6.45, 7) is 10.1. The third-order valence-electron chi connectivity index (χ3n) is 20.7. The number of anilines is 1. The quantitative estimate of drug-likeness (QED) is 0.0135. The second kappa shape index (κ2) is 40.3. The van der Waals surface area contributed by atoms with Crippen molar-refractivity contribution in [3.63, 3.8) is 0 Å². The zero-order chi connectivity index (χ0) is 80.9. The maximum atomic E-state index is 14.0. The molecule has 3 aliphatic heterocycles. The number of likely N-dealkylation sites (N-methyl/N-ethyl adjacent to an activating group) is 2. The fraction of sp³-hybridized carbons (Fsp3) is 0.571. The number of nitrogens with one attached hydrogen (secondary N) is 4. The number of alkyl carbamates (subject to hydrolysis) is 1. The van der Waals surface area contributed by atoms with Gasteiger partial charge in [0.2, 0.25) is 11.8 Å². The molecule has 9 amide bonds. The maximum Gasteiger partial charge on any atom is 0.415 e. The van der Waals surface area contributed by atoms with E-state index in [-0.39, 0.29) is 164 Å². The van der Waals surface area contributed by atoms with Gasteiger partial charge in [0.25, 0.3) is 17.4 Å². The molecule has 113 heavy (non-hydrogen) atoms. The van der Waals surface area contributed by atoms with Gasteiger partial charge in [0.1, 0.15) is 25.6 Å². The highest BCUT2D eigenvalue weighted by Gasteiger charge is 2.51. The van der Waals surface area contributed by atoms with E-state index < -0.39 is 77.4 Å². The van der Waals surface area contributed by atoms with Gasteiger partial charge >= 0.3 is 36.2 Å². The molecule has 2 aliphatic carbocycles. The van der Waals surface area contributed by atoms with Crippen molar-refractivity contribution in [1.82, 2.24) is 55.4 Å². The fourth-order valence-corrected chi connectivity index (χ4v) is 14.3. The monoisotopic (exact) mass is 1580 g/mol. The highest BCUT2D eigenvalue weighted by molar-refractivity contribution is 6.02. The molecule has 3 aromatic heterocycles. The number of benzene rings is 2. The second-order valence-electron chi connectivity index (χ2n) is 28.7. The molecule has 1 saturated carbocycles. The van der Waals surface area contributed by atoms with Gasteiger partial charge in [-0.25, -0.2) is 38.4 Å². The van der Waals surface area contributed by atoms with Crippen LogP contribution in [0.1, 0.15) is 125 Å². The van der Waals surface area contributed by atoms with Gasteiger partial charge in [-0.05, 0) is 123 Å². The van der Waals surface area contributed by atoms with E-state index in [9.17, 15) is 62.6 Å². The summed E-state index contributed by atoms with van der Waals surface area (Å²) < 4.78 is 53.1. The Morgan fingerprint density at radius 2 is 1.45 bits per heavy atom. The van der Waals surface area contributed by atoms with Crippen LogP contribution in [0.5, 0.6) is 5.75 Å². The molecule has 612 valence electrons. The van der Waals surface area contributed by atoms with Crippen molar-refractivity contribution in [2.75, 3.05) is 118 Å². The lowest BCUT2D eigenvalue weighted by atomic mass is 9.86. The number of nitrogens with two attached hydrogens (primary N) is 1. The molecule has 1 unspecified atom stereocenters. The van der Waals surface area contributed by atoms with Crippen LogP contribution in [0.25, 0.3) is 22.3 Å². The Morgan fingerprint density at radius 1 is 0.770 bits per heavy atom. The molecule has 1 saturated heterocycles. The molecular weight excluding hydrogens is 1470 g/mol. The Hall–Kier alpha value is -10.5. The molecular formula is C77H101N13O23. The Morgan fingerprint density at radius 3 is 2.13 bits per heavy atom. The zero-order valence-corrected chi connectivity index (χ0v) is 64.6. The minimum absolute atomic E-state index is 0.0179. The average molecular weight is 1580 g/mol.